The molecule has 3 heterocycles. The van der Waals surface area contributed by atoms with Gasteiger partial charge in [-0.05, 0) is 42.0 Å². The molecule has 2 saturated heterocycles. The number of amides is 1. The van der Waals surface area contributed by atoms with Crippen molar-refractivity contribution in [1.82, 2.24) is 25.0 Å². The normalized spacial score (nSPS) is 27.6. The molecule has 40 heavy (non-hydrogen) atoms. The average molecular weight is 558 g/mol. The Morgan fingerprint density at radius 1 is 1.23 bits per heavy atom. The maximum Gasteiger partial charge on any atom is 0.252 e. The highest BCUT2D eigenvalue weighted by atomic mass is 19.1. The third-order valence-electron chi connectivity index (χ3n) is 7.86. The molecule has 3 unspecified atom stereocenters. The summed E-state index contributed by atoms with van der Waals surface area (Å²) in [5.41, 5.74) is 0.379. The molecule has 1 amide bonds. The van der Waals surface area contributed by atoms with Gasteiger partial charge >= 0.3 is 0 Å². The minimum absolute atomic E-state index is 0.141. The van der Waals surface area contributed by atoms with Gasteiger partial charge in [0.2, 0.25) is 0 Å². The Bertz CT molecular complexity index is 1240. The van der Waals surface area contributed by atoms with Gasteiger partial charge in [-0.3, -0.25) is 4.79 Å². The topological polar surface area (TPSA) is 72.3 Å². The molecule has 1 aromatic heterocycles. The van der Waals surface area contributed by atoms with Crippen molar-refractivity contribution in [2.24, 2.45) is 11.3 Å². The SMILES string of the molecule is CC(C)(C)[C@H](c1nc(C2C=C(F)C=CC2F)nn1Cc1ccccc1)N(C[C@@H]1CNC[C@@H]1F)C(=O)C1CCCO1. The monoisotopic (exact) mass is 557 g/mol. The summed E-state index contributed by atoms with van der Waals surface area (Å²) < 4.78 is 51.6. The van der Waals surface area contributed by atoms with Crippen LogP contribution in [-0.2, 0) is 16.1 Å². The Kier molecular flexibility index (Phi) is 8.47. The Morgan fingerprint density at radius 3 is 2.65 bits per heavy atom. The standard InChI is InChI=1S/C30H38F3N5O2/c1-30(2,3)26(37(18-20-15-34-16-24(20)33)29(39)25-10-7-13-40-25)28-35-27(22-14-21(31)11-12-23(22)32)36-38(28)17-19-8-5-4-6-9-19/h4-6,8-9,11-12,14,20,22-26,34H,7,10,13,15-18H2,1-3H3/t20-,22?,23?,24-,25?,26-/m0/s1. The van der Waals surface area contributed by atoms with Crippen molar-refractivity contribution in [3.8, 4) is 0 Å². The molecule has 2 fully saturated rings. The van der Waals surface area contributed by atoms with E-state index in [-0.39, 0.29) is 24.8 Å². The van der Waals surface area contributed by atoms with Gasteiger partial charge in [0.15, 0.2) is 11.6 Å². The zero-order valence-corrected chi connectivity index (χ0v) is 23.3. The van der Waals surface area contributed by atoms with Crippen LogP contribution in [-0.4, -0.2) is 70.3 Å². The van der Waals surface area contributed by atoms with E-state index in [1.54, 1.807) is 9.58 Å². The van der Waals surface area contributed by atoms with Crippen LogP contribution in [0.5, 0.6) is 0 Å². The summed E-state index contributed by atoms with van der Waals surface area (Å²) in [6.45, 7) is 7.68. The number of nitrogens with zero attached hydrogens (tertiary/aromatic N) is 4. The Hall–Kier alpha value is -2.98. The molecule has 2 aliphatic heterocycles. The van der Waals surface area contributed by atoms with Crippen molar-refractivity contribution in [3.05, 3.63) is 71.6 Å². The number of alkyl halides is 2. The summed E-state index contributed by atoms with van der Waals surface area (Å²) in [5, 5.41) is 7.79. The molecular formula is C30H38F3N5O2. The predicted octanol–water partition coefficient (Wildman–Crippen LogP) is 4.82. The maximum atomic E-state index is 15.0. The lowest BCUT2D eigenvalue weighted by atomic mass is 9.83. The third kappa shape index (κ3) is 6.17. The number of carbonyl (C=O) groups excluding carboxylic acids is 1. The lowest BCUT2D eigenvalue weighted by Crippen LogP contribution is -2.49. The first-order chi connectivity index (χ1) is 19.1. The zero-order valence-electron chi connectivity index (χ0n) is 23.3. The number of carbonyl (C=O) groups is 1. The number of benzene rings is 1. The van der Waals surface area contributed by atoms with Gasteiger partial charge in [-0.2, -0.15) is 5.10 Å². The summed E-state index contributed by atoms with van der Waals surface area (Å²) in [6, 6.07) is 9.01. The average Bonchev–Trinajstić information content (AvgIpc) is 3.67. The number of hydrogen-bond acceptors (Lipinski definition) is 5. The maximum absolute atomic E-state index is 15.0. The number of halogens is 3. The van der Waals surface area contributed by atoms with Crippen molar-refractivity contribution in [2.75, 3.05) is 26.2 Å². The largest absolute Gasteiger partial charge is 0.368 e. The predicted molar refractivity (Wildman–Crippen MR) is 146 cm³/mol. The molecule has 1 N–H and O–H groups in total. The molecule has 6 atom stereocenters. The van der Waals surface area contributed by atoms with Crippen molar-refractivity contribution < 1.29 is 22.7 Å². The highest BCUT2D eigenvalue weighted by molar-refractivity contribution is 5.81. The van der Waals surface area contributed by atoms with Gasteiger partial charge in [-0.25, -0.2) is 22.8 Å². The van der Waals surface area contributed by atoms with Crippen LogP contribution < -0.4 is 5.32 Å². The lowest BCUT2D eigenvalue weighted by Gasteiger charge is -2.41. The molecule has 0 spiro atoms. The van der Waals surface area contributed by atoms with E-state index in [4.69, 9.17) is 14.8 Å². The molecule has 1 aliphatic carbocycles. The first-order valence-electron chi connectivity index (χ1n) is 14.1. The molecule has 7 nitrogen and oxygen atoms in total. The Labute approximate surface area is 233 Å². The molecule has 1 aromatic carbocycles. The molecule has 2 aromatic rings. The van der Waals surface area contributed by atoms with Crippen molar-refractivity contribution in [1.29, 1.82) is 0 Å². The summed E-state index contributed by atoms with van der Waals surface area (Å²) >= 11 is 0. The van der Waals surface area contributed by atoms with Crippen LogP contribution in [0.4, 0.5) is 13.2 Å². The molecule has 3 aliphatic rings. The fraction of sp³-hybridized carbons (Fsp3) is 0.567. The van der Waals surface area contributed by atoms with Crippen LogP contribution >= 0.6 is 0 Å². The molecule has 0 bridgehead atoms. The number of aromatic nitrogens is 3. The van der Waals surface area contributed by atoms with E-state index < -0.39 is 47.6 Å². The fourth-order valence-corrected chi connectivity index (χ4v) is 5.83. The minimum Gasteiger partial charge on any atom is -0.368 e. The van der Waals surface area contributed by atoms with E-state index >= 15 is 0 Å². The van der Waals surface area contributed by atoms with Crippen LogP contribution in [0.3, 0.4) is 0 Å². The van der Waals surface area contributed by atoms with Crippen LogP contribution in [0.15, 0.2) is 54.4 Å². The van der Waals surface area contributed by atoms with Gasteiger partial charge < -0.3 is 15.0 Å². The quantitative estimate of drug-likeness (QED) is 0.504. The summed E-state index contributed by atoms with van der Waals surface area (Å²) in [4.78, 5) is 20.6. The minimum atomic E-state index is -1.49. The smallest absolute Gasteiger partial charge is 0.252 e. The molecule has 10 heteroatoms. The highest BCUT2D eigenvalue weighted by Crippen LogP contribution is 2.41. The zero-order chi connectivity index (χ0) is 28.4. The summed E-state index contributed by atoms with van der Waals surface area (Å²) in [6.07, 6.45) is 1.64. The second-order valence-corrected chi connectivity index (χ2v) is 12.0. The van der Waals surface area contributed by atoms with Crippen molar-refractivity contribution >= 4 is 5.91 Å². The van der Waals surface area contributed by atoms with Crippen LogP contribution in [0.25, 0.3) is 0 Å². The van der Waals surface area contributed by atoms with Gasteiger partial charge in [-0.1, -0.05) is 51.1 Å². The van der Waals surface area contributed by atoms with Crippen LogP contribution in [0.1, 0.15) is 62.8 Å². The van der Waals surface area contributed by atoms with Gasteiger partial charge in [-0.15, -0.1) is 0 Å². The van der Waals surface area contributed by atoms with Crippen LogP contribution in [0, 0.1) is 11.3 Å². The van der Waals surface area contributed by atoms with E-state index in [1.165, 1.54) is 12.2 Å². The van der Waals surface area contributed by atoms with Gasteiger partial charge in [0.1, 0.15) is 24.3 Å². The van der Waals surface area contributed by atoms with E-state index in [2.05, 4.69) is 5.32 Å². The van der Waals surface area contributed by atoms with Crippen molar-refractivity contribution in [3.63, 3.8) is 0 Å². The highest BCUT2D eigenvalue weighted by Gasteiger charge is 2.44. The second-order valence-electron chi connectivity index (χ2n) is 12.0. The summed E-state index contributed by atoms with van der Waals surface area (Å²) in [5.74, 6) is -1.56. The van der Waals surface area contributed by atoms with Gasteiger partial charge in [0, 0.05) is 32.2 Å². The van der Waals surface area contributed by atoms with Crippen molar-refractivity contribution in [2.45, 2.75) is 70.6 Å². The summed E-state index contributed by atoms with van der Waals surface area (Å²) in [7, 11) is 0. The lowest BCUT2D eigenvalue weighted by molar-refractivity contribution is -0.147. The number of allylic oxidation sites excluding steroid dienone is 4. The van der Waals surface area contributed by atoms with E-state index in [0.29, 0.717) is 31.9 Å². The Morgan fingerprint density at radius 2 is 2.00 bits per heavy atom. The van der Waals surface area contributed by atoms with Gasteiger partial charge in [0.05, 0.1) is 18.5 Å². The molecular weight excluding hydrogens is 519 g/mol. The molecule has 0 radical (unpaired) electrons. The third-order valence-corrected chi connectivity index (χ3v) is 7.86. The first kappa shape index (κ1) is 28.5. The number of ether oxygens (including phenoxy) is 1. The number of rotatable bonds is 8. The molecule has 5 rings (SSSR count). The van der Waals surface area contributed by atoms with Crippen LogP contribution in [0.2, 0.25) is 0 Å². The van der Waals surface area contributed by atoms with E-state index in [0.717, 1.165) is 18.1 Å². The molecule has 0 saturated carbocycles. The number of hydrogen-bond donors (Lipinski definition) is 1. The fourth-order valence-electron chi connectivity index (χ4n) is 5.83. The van der Waals surface area contributed by atoms with E-state index in [9.17, 15) is 18.0 Å². The van der Waals surface area contributed by atoms with Gasteiger partial charge in [0.25, 0.3) is 5.91 Å². The number of nitrogens with one attached hydrogen (secondary N) is 1. The molecule has 216 valence electrons. The first-order valence-corrected chi connectivity index (χ1v) is 14.1. The Balaban J connectivity index is 1.61. The second kappa shape index (κ2) is 11.9. The van der Waals surface area contributed by atoms with E-state index in [1.807, 2.05) is 51.1 Å².